The molecule has 1 fully saturated rings. The van der Waals surface area contributed by atoms with Crippen molar-refractivity contribution in [3.8, 4) is 11.3 Å². The number of benzene rings is 3. The van der Waals surface area contributed by atoms with Crippen LogP contribution in [0.15, 0.2) is 63.5 Å². The molecule has 0 radical (unpaired) electrons. The molecule has 0 aliphatic heterocycles. The fraction of sp³-hybridized carbons (Fsp3) is 0.267. The van der Waals surface area contributed by atoms with E-state index in [1.807, 2.05) is 6.07 Å². The summed E-state index contributed by atoms with van der Waals surface area (Å²) < 4.78 is 51.6. The second kappa shape index (κ2) is 11.8. The number of halogens is 2. The number of ether oxygens (including phenoxy) is 1. The highest BCUT2D eigenvalue weighted by Gasteiger charge is 2.31. The highest BCUT2D eigenvalue weighted by atomic mass is 79.9. The Morgan fingerprint density at radius 1 is 1.20 bits per heavy atom. The van der Waals surface area contributed by atoms with E-state index in [9.17, 15) is 22.7 Å². The van der Waals surface area contributed by atoms with Crippen LogP contribution in [0.5, 0.6) is 0 Å². The second-order valence-corrected chi connectivity index (χ2v) is 11.7. The Morgan fingerprint density at radius 3 is 2.51 bits per heavy atom. The molecule has 3 aromatic carbocycles. The molecule has 1 saturated carbocycles. The van der Waals surface area contributed by atoms with Crippen molar-refractivity contribution in [3.05, 3.63) is 92.7 Å². The first kappa shape index (κ1) is 29.1. The van der Waals surface area contributed by atoms with Gasteiger partial charge in [0.05, 0.1) is 18.2 Å². The van der Waals surface area contributed by atoms with Gasteiger partial charge in [-0.3, -0.25) is 9.00 Å². The summed E-state index contributed by atoms with van der Waals surface area (Å²) in [7, 11) is 2.81. The second-order valence-electron chi connectivity index (χ2n) is 9.91. The summed E-state index contributed by atoms with van der Waals surface area (Å²) >= 11 is 0.738. The first-order valence-electron chi connectivity index (χ1n) is 12.9. The number of hydrogen-bond donors (Lipinski definition) is 1. The van der Waals surface area contributed by atoms with Crippen molar-refractivity contribution in [2.24, 2.45) is 0 Å². The van der Waals surface area contributed by atoms with Gasteiger partial charge in [0.25, 0.3) is 5.91 Å². The maximum Gasteiger partial charge on any atom is 0.339 e. The lowest BCUT2D eigenvalue weighted by atomic mass is 9.97. The molecule has 5 rings (SSSR count). The maximum atomic E-state index is 13.6. The standard InChI is InChI=1S/C30H28BrFN2O6S/c1-16(19-8-11-25(31)23(12-19)30(36)39-3)34(41(37)38)15-20-13-26-24(14-22(20)17-4-5-17)27(29(35)33-2)28(40-26)18-6-9-21(32)10-7-18/h6-14,16-17H,4-5,15H2,1-3H3,(H,33,35)(H,37,38)/p-1. The van der Waals surface area contributed by atoms with Gasteiger partial charge in [-0.2, -0.15) is 0 Å². The third-order valence-corrected chi connectivity index (χ3v) is 8.88. The number of nitrogens with one attached hydrogen (secondary N) is 1. The molecule has 0 bridgehead atoms. The lowest BCUT2D eigenvalue weighted by Crippen LogP contribution is -2.29. The number of nitrogens with zero attached hydrogens (tertiary/aromatic N) is 1. The average molecular weight is 643 g/mol. The molecule has 1 amide bonds. The number of fused-ring (bicyclic) bond motifs is 1. The van der Waals surface area contributed by atoms with Crippen LogP contribution in [0.2, 0.25) is 0 Å². The summed E-state index contributed by atoms with van der Waals surface area (Å²) in [6, 6.07) is 13.8. The van der Waals surface area contributed by atoms with Gasteiger partial charge in [0.1, 0.15) is 17.2 Å². The van der Waals surface area contributed by atoms with Crippen LogP contribution in [0.1, 0.15) is 69.1 Å². The number of carbonyl (C=O) groups is 2. The van der Waals surface area contributed by atoms with Crippen molar-refractivity contribution in [3.63, 3.8) is 0 Å². The van der Waals surface area contributed by atoms with E-state index < -0.39 is 29.1 Å². The first-order chi connectivity index (χ1) is 19.6. The number of rotatable bonds is 9. The Morgan fingerprint density at radius 2 is 1.90 bits per heavy atom. The number of esters is 1. The normalized spacial score (nSPS) is 14.7. The molecule has 1 N–H and O–H groups in total. The summed E-state index contributed by atoms with van der Waals surface area (Å²) in [5.41, 5.74) is 3.91. The first-order valence-corrected chi connectivity index (χ1v) is 14.8. The van der Waals surface area contributed by atoms with E-state index >= 15 is 0 Å². The van der Waals surface area contributed by atoms with Crippen molar-refractivity contribution in [2.75, 3.05) is 14.2 Å². The quantitative estimate of drug-likeness (QED) is 0.168. The molecule has 41 heavy (non-hydrogen) atoms. The minimum absolute atomic E-state index is 0.0462. The predicted molar refractivity (Wildman–Crippen MR) is 155 cm³/mol. The molecule has 4 aromatic rings. The molecule has 8 nitrogen and oxygen atoms in total. The third-order valence-electron chi connectivity index (χ3n) is 7.36. The highest BCUT2D eigenvalue weighted by Crippen LogP contribution is 2.45. The van der Waals surface area contributed by atoms with E-state index in [1.165, 1.54) is 30.6 Å². The van der Waals surface area contributed by atoms with Crippen molar-refractivity contribution in [1.29, 1.82) is 0 Å². The molecule has 0 spiro atoms. The van der Waals surface area contributed by atoms with E-state index in [1.54, 1.807) is 43.3 Å². The summed E-state index contributed by atoms with van der Waals surface area (Å²) in [5.74, 6) is -0.754. The van der Waals surface area contributed by atoms with Crippen LogP contribution in [0.3, 0.4) is 0 Å². The summed E-state index contributed by atoms with van der Waals surface area (Å²) in [6.07, 6.45) is 1.89. The largest absolute Gasteiger partial charge is 0.760 e. The molecule has 214 valence electrons. The molecule has 1 aliphatic carbocycles. The van der Waals surface area contributed by atoms with Crippen LogP contribution in [0, 0.1) is 5.82 Å². The molecule has 0 saturated heterocycles. The zero-order valence-electron chi connectivity index (χ0n) is 22.5. The van der Waals surface area contributed by atoms with Crippen LogP contribution < -0.4 is 5.32 Å². The fourth-order valence-electron chi connectivity index (χ4n) is 4.99. The molecular formula is C30H27BrFN2O6S-. The third kappa shape index (κ3) is 5.85. The molecule has 1 heterocycles. The van der Waals surface area contributed by atoms with Gasteiger partial charge in [-0.05, 0) is 107 Å². The molecule has 11 heteroatoms. The van der Waals surface area contributed by atoms with Crippen molar-refractivity contribution >= 4 is 50.0 Å². The maximum absolute atomic E-state index is 13.6. The molecule has 1 aliphatic rings. The van der Waals surface area contributed by atoms with E-state index in [2.05, 4.69) is 21.2 Å². The molecule has 1 aromatic heterocycles. The Bertz CT molecular complexity index is 1670. The Labute approximate surface area is 247 Å². The van der Waals surface area contributed by atoms with Crippen LogP contribution in [0.4, 0.5) is 4.39 Å². The van der Waals surface area contributed by atoms with Gasteiger partial charge in [-0.1, -0.05) is 6.07 Å². The molecular weight excluding hydrogens is 615 g/mol. The summed E-state index contributed by atoms with van der Waals surface area (Å²) in [5, 5.41) is 3.27. The minimum Gasteiger partial charge on any atom is -0.760 e. The Balaban J connectivity index is 1.59. The van der Waals surface area contributed by atoms with Crippen molar-refractivity contribution in [2.45, 2.75) is 38.3 Å². The minimum atomic E-state index is -2.61. The molecule has 2 unspecified atom stereocenters. The van der Waals surface area contributed by atoms with E-state index in [0.717, 1.165) is 24.0 Å². The van der Waals surface area contributed by atoms with Gasteiger partial charge in [0.15, 0.2) is 0 Å². The Kier molecular flexibility index (Phi) is 8.42. The number of amides is 1. The van der Waals surface area contributed by atoms with Crippen LogP contribution >= 0.6 is 15.9 Å². The van der Waals surface area contributed by atoms with Gasteiger partial charge in [-0.15, -0.1) is 0 Å². The average Bonchev–Trinajstić information content (AvgIpc) is 3.75. The van der Waals surface area contributed by atoms with E-state index in [-0.39, 0.29) is 18.4 Å². The zero-order chi connectivity index (χ0) is 29.4. The topological polar surface area (TPSA) is 112 Å². The smallest absolute Gasteiger partial charge is 0.339 e. The van der Waals surface area contributed by atoms with Crippen LogP contribution in [-0.4, -0.2) is 39.1 Å². The van der Waals surface area contributed by atoms with Crippen LogP contribution in [0.25, 0.3) is 22.3 Å². The van der Waals surface area contributed by atoms with Gasteiger partial charge in [0.2, 0.25) is 0 Å². The molecule has 2 atom stereocenters. The fourth-order valence-corrected chi connectivity index (χ4v) is 6.02. The highest BCUT2D eigenvalue weighted by molar-refractivity contribution is 9.10. The van der Waals surface area contributed by atoms with E-state index in [4.69, 9.17) is 9.15 Å². The van der Waals surface area contributed by atoms with Crippen molar-refractivity contribution < 1.29 is 31.9 Å². The SMILES string of the molecule is CNC(=O)c1c(-c2ccc(F)cc2)oc2cc(CN(C(C)c3ccc(Br)c(C(=O)OC)c3)S(=O)[O-])c(C3CC3)cc12. The van der Waals surface area contributed by atoms with Crippen molar-refractivity contribution in [1.82, 2.24) is 9.62 Å². The van der Waals surface area contributed by atoms with Crippen LogP contribution in [-0.2, 0) is 22.5 Å². The zero-order valence-corrected chi connectivity index (χ0v) is 24.9. The lowest BCUT2D eigenvalue weighted by molar-refractivity contribution is 0.0599. The number of carbonyl (C=O) groups excluding carboxylic acids is 2. The monoisotopic (exact) mass is 641 g/mol. The summed E-state index contributed by atoms with van der Waals surface area (Å²) in [6.45, 7) is 1.79. The van der Waals surface area contributed by atoms with Gasteiger partial charge < -0.3 is 19.0 Å². The number of hydrogen-bond acceptors (Lipinski definition) is 6. The number of methoxy groups -OCH3 is 1. The van der Waals surface area contributed by atoms with Gasteiger partial charge >= 0.3 is 5.97 Å². The summed E-state index contributed by atoms with van der Waals surface area (Å²) in [4.78, 5) is 25.2. The lowest BCUT2D eigenvalue weighted by Gasteiger charge is -2.31. The number of furan rings is 1. The van der Waals surface area contributed by atoms with E-state index in [0.29, 0.717) is 43.5 Å². The predicted octanol–water partition coefficient (Wildman–Crippen LogP) is 6.38. The van der Waals surface area contributed by atoms with Gasteiger partial charge in [0, 0.05) is 46.3 Å². The Hall–Kier alpha value is -3.38. The van der Waals surface area contributed by atoms with Gasteiger partial charge in [-0.25, -0.2) is 13.5 Å².